The number of esters is 1. The van der Waals surface area contributed by atoms with Crippen molar-refractivity contribution >= 4 is 17.6 Å². The number of hydrogen-bond acceptors (Lipinski definition) is 6. The fourth-order valence-electron chi connectivity index (χ4n) is 3.76. The number of halogens is 1. The molecule has 2 heterocycles. The molecule has 0 bridgehead atoms. The maximum absolute atomic E-state index is 12.5. The van der Waals surface area contributed by atoms with E-state index < -0.39 is 6.04 Å². The van der Waals surface area contributed by atoms with Gasteiger partial charge in [-0.3, -0.25) is 9.80 Å². The van der Waals surface area contributed by atoms with Gasteiger partial charge in [0.25, 0.3) is 0 Å². The van der Waals surface area contributed by atoms with Crippen LogP contribution in [0.15, 0.2) is 42.5 Å². The van der Waals surface area contributed by atoms with Crippen molar-refractivity contribution in [3.05, 3.63) is 58.6 Å². The molecule has 4 rings (SSSR count). The van der Waals surface area contributed by atoms with Crippen molar-refractivity contribution in [3.8, 4) is 11.5 Å². The fourth-order valence-corrected chi connectivity index (χ4v) is 4.00. The van der Waals surface area contributed by atoms with Crippen molar-refractivity contribution in [3.63, 3.8) is 0 Å². The first kappa shape index (κ1) is 19.1. The van der Waals surface area contributed by atoms with Gasteiger partial charge in [0.2, 0.25) is 6.79 Å². The Labute approximate surface area is 169 Å². The van der Waals surface area contributed by atoms with Gasteiger partial charge in [0.15, 0.2) is 11.5 Å². The Morgan fingerprint density at radius 3 is 2.61 bits per heavy atom. The van der Waals surface area contributed by atoms with Crippen molar-refractivity contribution < 1.29 is 19.0 Å². The molecule has 6 nitrogen and oxygen atoms in total. The summed E-state index contributed by atoms with van der Waals surface area (Å²) in [5, 5.41) is 0.584. The van der Waals surface area contributed by atoms with Crippen LogP contribution in [0.5, 0.6) is 11.5 Å². The number of hydrogen-bond donors (Lipinski definition) is 0. The average molecular weight is 403 g/mol. The highest BCUT2D eigenvalue weighted by Gasteiger charge is 2.32. The maximum atomic E-state index is 12.5. The lowest BCUT2D eigenvalue weighted by atomic mass is 10.0. The van der Waals surface area contributed by atoms with Crippen molar-refractivity contribution in [1.29, 1.82) is 0 Å². The summed E-state index contributed by atoms with van der Waals surface area (Å²) in [6.07, 6.45) is 0. The van der Waals surface area contributed by atoms with Crippen LogP contribution >= 0.6 is 11.6 Å². The van der Waals surface area contributed by atoms with E-state index in [0.717, 1.165) is 49.8 Å². The van der Waals surface area contributed by atoms with Crippen molar-refractivity contribution in [2.75, 3.05) is 40.1 Å². The summed E-state index contributed by atoms with van der Waals surface area (Å²) < 4.78 is 15.9. The molecule has 28 heavy (non-hydrogen) atoms. The molecule has 0 spiro atoms. The molecule has 1 atom stereocenters. The molecule has 0 N–H and O–H groups in total. The highest BCUT2D eigenvalue weighted by Crippen LogP contribution is 2.33. The zero-order valence-electron chi connectivity index (χ0n) is 15.8. The first-order valence-corrected chi connectivity index (χ1v) is 9.70. The highest BCUT2D eigenvalue weighted by atomic mass is 35.5. The second-order valence-corrected chi connectivity index (χ2v) is 7.35. The van der Waals surface area contributed by atoms with Crippen molar-refractivity contribution in [2.45, 2.75) is 12.6 Å². The van der Waals surface area contributed by atoms with E-state index in [1.54, 1.807) is 0 Å². The van der Waals surface area contributed by atoms with Gasteiger partial charge < -0.3 is 14.2 Å². The number of benzene rings is 2. The van der Waals surface area contributed by atoms with E-state index in [1.807, 2.05) is 36.4 Å². The van der Waals surface area contributed by atoms with Gasteiger partial charge in [-0.15, -0.1) is 0 Å². The molecule has 0 aromatic heterocycles. The molecule has 0 saturated carbocycles. The molecule has 7 heteroatoms. The summed E-state index contributed by atoms with van der Waals surface area (Å²) in [6, 6.07) is 13.0. The fraction of sp³-hybridized carbons (Fsp3) is 0.381. The van der Waals surface area contributed by atoms with Crippen LogP contribution < -0.4 is 9.47 Å². The van der Waals surface area contributed by atoms with E-state index in [1.165, 1.54) is 12.7 Å². The minimum Gasteiger partial charge on any atom is -0.468 e. The standard InChI is InChI=1S/C21H23ClN2O4/c1-26-21(25)20(16-4-2-3-5-17(16)22)24-10-8-23(9-11-24)13-15-6-7-18-19(12-15)28-14-27-18/h2-7,12,20H,8-11,13-14H2,1H3/t20-/m1/s1. The number of methoxy groups -OCH3 is 1. The second-order valence-electron chi connectivity index (χ2n) is 6.95. The van der Waals surface area contributed by atoms with Crippen molar-refractivity contribution in [2.24, 2.45) is 0 Å². The molecule has 2 aliphatic heterocycles. The molecule has 2 aromatic rings. The van der Waals surface area contributed by atoms with E-state index in [9.17, 15) is 4.79 Å². The van der Waals surface area contributed by atoms with E-state index in [2.05, 4.69) is 15.9 Å². The molecular formula is C21H23ClN2O4. The smallest absolute Gasteiger partial charge is 0.327 e. The summed E-state index contributed by atoms with van der Waals surface area (Å²) >= 11 is 6.35. The zero-order valence-corrected chi connectivity index (χ0v) is 16.5. The highest BCUT2D eigenvalue weighted by molar-refractivity contribution is 6.31. The summed E-state index contributed by atoms with van der Waals surface area (Å²) in [5.41, 5.74) is 1.98. The zero-order chi connectivity index (χ0) is 19.5. The summed E-state index contributed by atoms with van der Waals surface area (Å²) in [7, 11) is 1.42. The summed E-state index contributed by atoms with van der Waals surface area (Å²) in [4.78, 5) is 17.0. The number of rotatable bonds is 5. The molecule has 0 aliphatic carbocycles. The lowest BCUT2D eigenvalue weighted by Crippen LogP contribution is -2.49. The SMILES string of the molecule is COC(=O)[C@@H](c1ccccc1Cl)N1CCN(Cc2ccc3c(c2)OCO3)CC1. The number of fused-ring (bicyclic) bond motifs is 1. The van der Waals surface area contributed by atoms with Crippen LogP contribution in [0.25, 0.3) is 0 Å². The molecule has 1 saturated heterocycles. The van der Waals surface area contributed by atoms with Gasteiger partial charge in [-0.1, -0.05) is 35.9 Å². The topological polar surface area (TPSA) is 51.2 Å². The Balaban J connectivity index is 1.42. The van der Waals surface area contributed by atoms with Crippen molar-refractivity contribution in [1.82, 2.24) is 9.80 Å². The lowest BCUT2D eigenvalue weighted by molar-refractivity contribution is -0.148. The third-order valence-electron chi connectivity index (χ3n) is 5.24. The number of ether oxygens (including phenoxy) is 3. The van der Waals surface area contributed by atoms with Gasteiger partial charge in [0.05, 0.1) is 7.11 Å². The quantitative estimate of drug-likeness (QED) is 0.716. The monoisotopic (exact) mass is 402 g/mol. The lowest BCUT2D eigenvalue weighted by Gasteiger charge is -2.38. The van der Waals surface area contributed by atoms with E-state index in [-0.39, 0.29) is 12.8 Å². The van der Waals surface area contributed by atoms with Crippen LogP contribution in [0.3, 0.4) is 0 Å². The molecule has 1 fully saturated rings. The molecule has 148 valence electrons. The minimum atomic E-state index is -0.480. The van der Waals surface area contributed by atoms with Gasteiger partial charge >= 0.3 is 5.97 Å². The number of nitrogens with zero attached hydrogens (tertiary/aromatic N) is 2. The van der Waals surface area contributed by atoms with Crippen LogP contribution in [0.2, 0.25) is 5.02 Å². The van der Waals surface area contributed by atoms with Crippen LogP contribution in [-0.2, 0) is 16.1 Å². The first-order valence-electron chi connectivity index (χ1n) is 9.33. The Bertz CT molecular complexity index is 852. The van der Waals surface area contributed by atoms with Crippen LogP contribution in [0, 0.1) is 0 Å². The van der Waals surface area contributed by atoms with Gasteiger partial charge in [-0.05, 0) is 29.3 Å². The number of carbonyl (C=O) groups excluding carboxylic acids is 1. The minimum absolute atomic E-state index is 0.280. The Morgan fingerprint density at radius 1 is 1.11 bits per heavy atom. The van der Waals surface area contributed by atoms with Gasteiger partial charge in [-0.2, -0.15) is 0 Å². The van der Waals surface area contributed by atoms with Crippen LogP contribution in [-0.4, -0.2) is 55.9 Å². The summed E-state index contributed by atoms with van der Waals surface area (Å²) in [6.45, 7) is 4.34. The molecule has 0 radical (unpaired) electrons. The summed E-state index contributed by atoms with van der Waals surface area (Å²) in [5.74, 6) is 1.33. The predicted octanol–water partition coefficient (Wildman–Crippen LogP) is 3.10. The molecular weight excluding hydrogens is 380 g/mol. The van der Waals surface area contributed by atoms with E-state index >= 15 is 0 Å². The number of piperazine rings is 1. The molecule has 2 aromatic carbocycles. The second kappa shape index (κ2) is 8.39. The first-order chi connectivity index (χ1) is 13.7. The Hall–Kier alpha value is -2.28. The van der Waals surface area contributed by atoms with Gasteiger partial charge in [0.1, 0.15) is 6.04 Å². The normalized spacial score (nSPS) is 18.1. The van der Waals surface area contributed by atoms with Gasteiger partial charge in [0, 0.05) is 37.7 Å². The van der Waals surface area contributed by atoms with Crippen LogP contribution in [0.1, 0.15) is 17.2 Å². The largest absolute Gasteiger partial charge is 0.468 e. The van der Waals surface area contributed by atoms with E-state index in [0.29, 0.717) is 5.02 Å². The maximum Gasteiger partial charge on any atom is 0.327 e. The molecule has 2 aliphatic rings. The predicted molar refractivity (Wildman–Crippen MR) is 106 cm³/mol. The molecule has 0 unspecified atom stereocenters. The Morgan fingerprint density at radius 2 is 1.86 bits per heavy atom. The third-order valence-corrected chi connectivity index (χ3v) is 5.58. The average Bonchev–Trinajstić information content (AvgIpc) is 3.18. The van der Waals surface area contributed by atoms with Crippen LogP contribution in [0.4, 0.5) is 0 Å². The van der Waals surface area contributed by atoms with Gasteiger partial charge in [-0.25, -0.2) is 4.79 Å². The Kier molecular flexibility index (Phi) is 5.71. The number of carbonyl (C=O) groups is 1. The molecule has 0 amide bonds. The third kappa shape index (κ3) is 3.94. The van der Waals surface area contributed by atoms with E-state index in [4.69, 9.17) is 25.8 Å².